The van der Waals surface area contributed by atoms with Gasteiger partial charge in [-0.25, -0.2) is 0 Å². The summed E-state index contributed by atoms with van der Waals surface area (Å²) in [6, 6.07) is 8.66. The van der Waals surface area contributed by atoms with Crippen molar-refractivity contribution < 1.29 is 4.74 Å². The van der Waals surface area contributed by atoms with Crippen LogP contribution in [0.3, 0.4) is 0 Å². The number of methoxy groups -OCH3 is 1. The van der Waals surface area contributed by atoms with Crippen molar-refractivity contribution in [2.45, 2.75) is 24.6 Å². The average molecular weight is 232 g/mol. The molecule has 1 aromatic carbocycles. The molecule has 0 unspecified atom stereocenters. The lowest BCUT2D eigenvalue weighted by molar-refractivity contribution is -0.128. The topological polar surface area (TPSA) is 15.7 Å². The summed E-state index contributed by atoms with van der Waals surface area (Å²) in [6.45, 7) is 3.39. The molecule has 1 aromatic rings. The van der Waals surface area contributed by atoms with E-state index in [1.807, 2.05) is 7.11 Å². The fraction of sp³-hybridized carbons (Fsp3) is 0.571. The van der Waals surface area contributed by atoms with Gasteiger partial charge in [-0.1, -0.05) is 18.2 Å². The number of rotatable bonds is 1. The van der Waals surface area contributed by atoms with E-state index >= 15 is 0 Å². The standard InChI is InChI=1S/C14H20N2O/c1-13-9-10-15(2)14(13,17-4)16(3)12-8-6-5-7-11(12)13/h5-8H,9-10H2,1-4H3/t13-,14+/m1/s1. The summed E-state index contributed by atoms with van der Waals surface area (Å²) in [5.74, 6) is -0.323. The predicted molar refractivity (Wildman–Crippen MR) is 69.2 cm³/mol. The van der Waals surface area contributed by atoms with Crippen LogP contribution >= 0.6 is 0 Å². The first-order valence-electron chi connectivity index (χ1n) is 6.17. The normalized spacial score (nSPS) is 36.1. The zero-order valence-corrected chi connectivity index (χ0v) is 11.0. The first kappa shape index (κ1) is 11.1. The number of fused-ring (bicyclic) bond motifs is 3. The van der Waals surface area contributed by atoms with Gasteiger partial charge in [0.1, 0.15) is 0 Å². The minimum absolute atomic E-state index is 0.0574. The number of nitrogens with zero attached hydrogens (tertiary/aromatic N) is 2. The van der Waals surface area contributed by atoms with Crippen LogP contribution in [0.2, 0.25) is 0 Å². The SMILES string of the molecule is CO[C@]12N(C)CC[C@]1(C)c1ccccc1N2C. The summed E-state index contributed by atoms with van der Waals surface area (Å²) in [6.07, 6.45) is 1.14. The van der Waals surface area contributed by atoms with Crippen molar-refractivity contribution in [3.8, 4) is 0 Å². The summed E-state index contributed by atoms with van der Waals surface area (Å²) in [5.41, 5.74) is 2.76. The molecule has 2 atom stereocenters. The number of hydrogen-bond donors (Lipinski definition) is 0. The molecule has 2 aliphatic heterocycles. The molecular formula is C14H20N2O. The molecular weight excluding hydrogens is 212 g/mol. The molecule has 0 aromatic heterocycles. The number of anilines is 1. The van der Waals surface area contributed by atoms with Gasteiger partial charge in [0, 0.05) is 26.4 Å². The van der Waals surface area contributed by atoms with Crippen LogP contribution in [-0.2, 0) is 10.2 Å². The van der Waals surface area contributed by atoms with Gasteiger partial charge in [-0.15, -0.1) is 0 Å². The molecule has 0 radical (unpaired) electrons. The van der Waals surface area contributed by atoms with Gasteiger partial charge in [0.25, 0.3) is 0 Å². The highest BCUT2D eigenvalue weighted by atomic mass is 16.5. The van der Waals surface area contributed by atoms with Crippen molar-refractivity contribution in [3.63, 3.8) is 0 Å². The molecule has 0 spiro atoms. The van der Waals surface area contributed by atoms with Crippen LogP contribution in [-0.4, -0.2) is 38.5 Å². The number of ether oxygens (including phenoxy) is 1. The lowest BCUT2D eigenvalue weighted by Crippen LogP contribution is -2.61. The summed E-state index contributed by atoms with van der Waals surface area (Å²) in [4.78, 5) is 4.61. The van der Waals surface area contributed by atoms with E-state index in [-0.39, 0.29) is 11.3 Å². The third kappa shape index (κ3) is 1.00. The molecule has 0 N–H and O–H groups in total. The van der Waals surface area contributed by atoms with Crippen molar-refractivity contribution in [3.05, 3.63) is 29.8 Å². The molecule has 2 aliphatic rings. The van der Waals surface area contributed by atoms with E-state index in [2.05, 4.69) is 55.1 Å². The summed E-state index contributed by atoms with van der Waals surface area (Å²) < 4.78 is 5.98. The number of hydrogen-bond acceptors (Lipinski definition) is 3. The Morgan fingerprint density at radius 1 is 1.24 bits per heavy atom. The lowest BCUT2D eigenvalue weighted by Gasteiger charge is -2.45. The minimum Gasteiger partial charge on any atom is -0.345 e. The van der Waals surface area contributed by atoms with Crippen LogP contribution in [0, 0.1) is 0 Å². The van der Waals surface area contributed by atoms with Crippen molar-refractivity contribution in [1.29, 1.82) is 0 Å². The number of likely N-dealkylation sites (tertiary alicyclic amines) is 1. The average Bonchev–Trinajstić information content (AvgIpc) is 2.72. The number of para-hydroxylation sites is 1. The van der Waals surface area contributed by atoms with E-state index < -0.39 is 0 Å². The molecule has 3 rings (SSSR count). The van der Waals surface area contributed by atoms with Gasteiger partial charge in [0.15, 0.2) is 0 Å². The molecule has 0 aliphatic carbocycles. The van der Waals surface area contributed by atoms with Gasteiger partial charge in [-0.05, 0) is 32.0 Å². The largest absolute Gasteiger partial charge is 0.345 e. The molecule has 17 heavy (non-hydrogen) atoms. The van der Waals surface area contributed by atoms with Gasteiger partial charge in [0.2, 0.25) is 5.85 Å². The zero-order chi connectivity index (χ0) is 12.3. The molecule has 1 fully saturated rings. The Bertz CT molecular complexity index is 461. The van der Waals surface area contributed by atoms with Crippen molar-refractivity contribution >= 4 is 5.69 Å². The van der Waals surface area contributed by atoms with Crippen LogP contribution in [0.4, 0.5) is 5.69 Å². The van der Waals surface area contributed by atoms with E-state index in [0.29, 0.717) is 0 Å². The first-order chi connectivity index (χ1) is 8.08. The third-order valence-corrected chi connectivity index (χ3v) is 4.78. The monoisotopic (exact) mass is 232 g/mol. The predicted octanol–water partition coefficient (Wildman–Crippen LogP) is 2.03. The fourth-order valence-corrected chi connectivity index (χ4v) is 3.98. The Morgan fingerprint density at radius 3 is 2.65 bits per heavy atom. The molecule has 0 bridgehead atoms. The Labute approximate surface area is 103 Å². The molecule has 3 heteroatoms. The highest BCUT2D eigenvalue weighted by molar-refractivity contribution is 5.65. The summed E-state index contributed by atoms with van der Waals surface area (Å²) in [7, 11) is 6.11. The zero-order valence-electron chi connectivity index (χ0n) is 11.0. The van der Waals surface area contributed by atoms with Gasteiger partial charge in [0.05, 0.1) is 5.41 Å². The summed E-state index contributed by atoms with van der Waals surface area (Å²) >= 11 is 0. The highest BCUT2D eigenvalue weighted by Crippen LogP contribution is 2.57. The van der Waals surface area contributed by atoms with Crippen LogP contribution in [0.1, 0.15) is 18.9 Å². The van der Waals surface area contributed by atoms with Crippen molar-refractivity contribution in [1.82, 2.24) is 4.90 Å². The second kappa shape index (κ2) is 3.24. The van der Waals surface area contributed by atoms with Crippen LogP contribution in [0.25, 0.3) is 0 Å². The molecule has 0 amide bonds. The highest BCUT2D eigenvalue weighted by Gasteiger charge is 2.64. The van der Waals surface area contributed by atoms with Gasteiger partial charge < -0.3 is 9.64 Å². The smallest absolute Gasteiger partial charge is 0.209 e. The maximum absolute atomic E-state index is 5.98. The second-order valence-electron chi connectivity index (χ2n) is 5.39. The molecule has 92 valence electrons. The maximum atomic E-state index is 5.98. The first-order valence-corrected chi connectivity index (χ1v) is 6.17. The second-order valence-corrected chi connectivity index (χ2v) is 5.39. The molecule has 0 saturated carbocycles. The van der Waals surface area contributed by atoms with Gasteiger partial charge in [-0.3, -0.25) is 4.90 Å². The van der Waals surface area contributed by atoms with Crippen LogP contribution in [0.15, 0.2) is 24.3 Å². The van der Waals surface area contributed by atoms with Crippen LogP contribution < -0.4 is 4.90 Å². The quantitative estimate of drug-likeness (QED) is 0.737. The third-order valence-electron chi connectivity index (χ3n) is 4.78. The van der Waals surface area contributed by atoms with E-state index in [1.165, 1.54) is 11.3 Å². The Morgan fingerprint density at radius 2 is 1.94 bits per heavy atom. The Kier molecular flexibility index (Phi) is 2.11. The van der Waals surface area contributed by atoms with E-state index in [4.69, 9.17) is 4.74 Å². The van der Waals surface area contributed by atoms with Gasteiger partial charge in [-0.2, -0.15) is 0 Å². The molecule has 3 nitrogen and oxygen atoms in total. The number of benzene rings is 1. The number of likely N-dealkylation sites (N-methyl/N-ethyl adjacent to an activating group) is 2. The van der Waals surface area contributed by atoms with E-state index in [9.17, 15) is 0 Å². The Balaban J connectivity index is 2.27. The van der Waals surface area contributed by atoms with Crippen LogP contribution in [0.5, 0.6) is 0 Å². The summed E-state index contributed by atoms with van der Waals surface area (Å²) in [5, 5.41) is 0. The lowest BCUT2D eigenvalue weighted by atomic mass is 9.79. The van der Waals surface area contributed by atoms with Crippen molar-refractivity contribution in [2.24, 2.45) is 0 Å². The molecule has 1 saturated heterocycles. The minimum atomic E-state index is -0.323. The van der Waals surface area contributed by atoms with E-state index in [0.717, 1.165) is 13.0 Å². The Hall–Kier alpha value is -1.06. The van der Waals surface area contributed by atoms with Gasteiger partial charge >= 0.3 is 0 Å². The fourth-order valence-electron chi connectivity index (χ4n) is 3.98. The maximum Gasteiger partial charge on any atom is 0.209 e. The molecule has 2 heterocycles. The van der Waals surface area contributed by atoms with E-state index in [1.54, 1.807) is 0 Å². The van der Waals surface area contributed by atoms with Crippen molar-refractivity contribution in [2.75, 3.05) is 32.6 Å².